The average molecular weight is 281 g/mol. The van der Waals surface area contributed by atoms with E-state index in [0.29, 0.717) is 6.04 Å². The van der Waals surface area contributed by atoms with Crippen LogP contribution >= 0.6 is 11.6 Å². The molecule has 1 aliphatic rings. The lowest BCUT2D eigenvalue weighted by molar-refractivity contribution is 0.237. The van der Waals surface area contributed by atoms with E-state index in [1.54, 1.807) is 0 Å². The molecule has 1 unspecified atom stereocenters. The Morgan fingerprint density at radius 1 is 1.37 bits per heavy atom. The van der Waals surface area contributed by atoms with E-state index in [9.17, 15) is 0 Å². The van der Waals surface area contributed by atoms with Crippen molar-refractivity contribution in [2.75, 3.05) is 13.6 Å². The lowest BCUT2D eigenvalue weighted by Gasteiger charge is -2.26. The van der Waals surface area contributed by atoms with Gasteiger partial charge in [-0.25, -0.2) is 0 Å². The van der Waals surface area contributed by atoms with Crippen molar-refractivity contribution < 1.29 is 0 Å². The van der Waals surface area contributed by atoms with Crippen LogP contribution in [-0.4, -0.2) is 30.6 Å². The van der Waals surface area contributed by atoms with Crippen LogP contribution in [0.3, 0.4) is 0 Å². The zero-order valence-electron chi connectivity index (χ0n) is 12.0. The molecule has 0 radical (unpaired) electrons. The van der Waals surface area contributed by atoms with E-state index < -0.39 is 0 Å². The summed E-state index contributed by atoms with van der Waals surface area (Å²) in [6.07, 6.45) is 5.49. The fraction of sp³-hybridized carbons (Fsp3) is 0.625. The van der Waals surface area contributed by atoms with Gasteiger partial charge in [-0.2, -0.15) is 0 Å². The molecule has 1 saturated carbocycles. The Morgan fingerprint density at radius 3 is 2.79 bits per heavy atom. The molecule has 0 aromatic heterocycles. The molecule has 2 rings (SSSR count). The Labute approximate surface area is 122 Å². The van der Waals surface area contributed by atoms with Crippen LogP contribution in [0.25, 0.3) is 0 Å². The second-order valence-electron chi connectivity index (χ2n) is 5.78. The topological polar surface area (TPSA) is 15.3 Å². The van der Waals surface area contributed by atoms with Gasteiger partial charge in [0.05, 0.1) is 0 Å². The molecule has 1 aromatic carbocycles. The van der Waals surface area contributed by atoms with Crippen LogP contribution in [0.1, 0.15) is 38.2 Å². The number of hydrogen-bond acceptors (Lipinski definition) is 2. The third kappa shape index (κ3) is 4.79. The standard InChI is InChI=1S/C16H25ClN2/c1-13(11-18-16-8-3-4-9-16)19(2)12-14-6-5-7-15(17)10-14/h5-7,10,13,16,18H,3-4,8-9,11-12H2,1-2H3. The Morgan fingerprint density at radius 2 is 2.11 bits per heavy atom. The van der Waals surface area contributed by atoms with E-state index in [4.69, 9.17) is 11.6 Å². The van der Waals surface area contributed by atoms with Crippen molar-refractivity contribution >= 4 is 11.6 Å². The summed E-state index contributed by atoms with van der Waals surface area (Å²) in [5.41, 5.74) is 1.28. The van der Waals surface area contributed by atoms with Crippen molar-refractivity contribution in [2.24, 2.45) is 0 Å². The molecule has 0 spiro atoms. The van der Waals surface area contributed by atoms with Crippen LogP contribution in [0.15, 0.2) is 24.3 Å². The van der Waals surface area contributed by atoms with Crippen LogP contribution in [0.2, 0.25) is 5.02 Å². The smallest absolute Gasteiger partial charge is 0.0409 e. The summed E-state index contributed by atoms with van der Waals surface area (Å²) in [4.78, 5) is 2.38. The van der Waals surface area contributed by atoms with Crippen molar-refractivity contribution in [3.63, 3.8) is 0 Å². The Kier molecular flexibility index (Phi) is 5.68. The lowest BCUT2D eigenvalue weighted by Crippen LogP contribution is -2.40. The van der Waals surface area contributed by atoms with E-state index >= 15 is 0 Å². The monoisotopic (exact) mass is 280 g/mol. The number of nitrogens with zero attached hydrogens (tertiary/aromatic N) is 1. The SMILES string of the molecule is CC(CNC1CCCC1)N(C)Cc1cccc(Cl)c1. The zero-order valence-corrected chi connectivity index (χ0v) is 12.8. The van der Waals surface area contributed by atoms with Gasteiger partial charge in [0.25, 0.3) is 0 Å². The minimum Gasteiger partial charge on any atom is -0.312 e. The Balaban J connectivity index is 1.76. The van der Waals surface area contributed by atoms with Gasteiger partial charge in [-0.15, -0.1) is 0 Å². The van der Waals surface area contributed by atoms with Crippen LogP contribution in [-0.2, 0) is 6.54 Å². The van der Waals surface area contributed by atoms with Gasteiger partial charge in [0, 0.05) is 30.2 Å². The van der Waals surface area contributed by atoms with Crippen molar-refractivity contribution in [3.05, 3.63) is 34.9 Å². The molecule has 0 saturated heterocycles. The summed E-state index contributed by atoms with van der Waals surface area (Å²) < 4.78 is 0. The molecule has 3 heteroatoms. The van der Waals surface area contributed by atoms with Crippen molar-refractivity contribution in [2.45, 2.75) is 51.2 Å². The highest BCUT2D eigenvalue weighted by atomic mass is 35.5. The van der Waals surface area contributed by atoms with Crippen molar-refractivity contribution in [3.8, 4) is 0 Å². The number of rotatable bonds is 6. The predicted molar refractivity (Wildman–Crippen MR) is 82.6 cm³/mol. The van der Waals surface area contributed by atoms with Gasteiger partial charge in [-0.1, -0.05) is 36.6 Å². The molecule has 0 aliphatic heterocycles. The molecule has 106 valence electrons. The molecular weight excluding hydrogens is 256 g/mol. The third-order valence-corrected chi connectivity index (χ3v) is 4.37. The summed E-state index contributed by atoms with van der Waals surface area (Å²) in [6.45, 7) is 4.31. The van der Waals surface area contributed by atoms with Gasteiger partial charge in [-0.3, -0.25) is 4.90 Å². The number of likely N-dealkylation sites (N-methyl/N-ethyl adjacent to an activating group) is 1. The molecule has 1 aliphatic carbocycles. The van der Waals surface area contributed by atoms with Gasteiger partial charge in [0.1, 0.15) is 0 Å². The normalized spacial score (nSPS) is 18.1. The maximum Gasteiger partial charge on any atom is 0.0409 e. The summed E-state index contributed by atoms with van der Waals surface area (Å²) in [5.74, 6) is 0. The molecule has 0 amide bonds. The van der Waals surface area contributed by atoms with Gasteiger partial charge in [0.2, 0.25) is 0 Å². The average Bonchev–Trinajstić information content (AvgIpc) is 2.89. The fourth-order valence-corrected chi connectivity index (χ4v) is 2.92. The fourth-order valence-electron chi connectivity index (χ4n) is 2.70. The summed E-state index contributed by atoms with van der Waals surface area (Å²) in [6, 6.07) is 9.43. The van der Waals surface area contributed by atoms with Crippen LogP contribution < -0.4 is 5.32 Å². The van der Waals surface area contributed by atoms with Crippen LogP contribution in [0.5, 0.6) is 0 Å². The number of benzene rings is 1. The maximum atomic E-state index is 6.02. The molecule has 1 aromatic rings. The Bertz CT molecular complexity index is 388. The Hall–Kier alpha value is -0.570. The highest BCUT2D eigenvalue weighted by Gasteiger charge is 2.16. The maximum absolute atomic E-state index is 6.02. The molecule has 2 nitrogen and oxygen atoms in total. The van der Waals surface area contributed by atoms with E-state index in [1.807, 2.05) is 12.1 Å². The molecule has 1 fully saturated rings. The first-order valence-corrected chi connectivity index (χ1v) is 7.71. The third-order valence-electron chi connectivity index (χ3n) is 4.13. The number of nitrogens with one attached hydrogen (secondary N) is 1. The van der Waals surface area contributed by atoms with Crippen LogP contribution in [0.4, 0.5) is 0 Å². The highest BCUT2D eigenvalue weighted by molar-refractivity contribution is 6.30. The summed E-state index contributed by atoms with van der Waals surface area (Å²) in [5, 5.41) is 4.51. The molecule has 0 bridgehead atoms. The second-order valence-corrected chi connectivity index (χ2v) is 6.22. The minimum absolute atomic E-state index is 0.541. The van der Waals surface area contributed by atoms with E-state index in [-0.39, 0.29) is 0 Å². The van der Waals surface area contributed by atoms with Crippen molar-refractivity contribution in [1.82, 2.24) is 10.2 Å². The molecule has 19 heavy (non-hydrogen) atoms. The van der Waals surface area contributed by atoms with Gasteiger partial charge in [0.15, 0.2) is 0 Å². The van der Waals surface area contributed by atoms with E-state index in [1.165, 1.54) is 31.2 Å². The lowest BCUT2D eigenvalue weighted by atomic mass is 10.2. The molecule has 0 heterocycles. The predicted octanol–water partition coefficient (Wildman–Crippen LogP) is 3.69. The van der Waals surface area contributed by atoms with E-state index in [2.05, 4.69) is 36.3 Å². The second kappa shape index (κ2) is 7.28. The first-order valence-electron chi connectivity index (χ1n) is 7.33. The highest BCUT2D eigenvalue weighted by Crippen LogP contribution is 2.18. The summed E-state index contributed by atoms with van der Waals surface area (Å²) >= 11 is 6.02. The van der Waals surface area contributed by atoms with Gasteiger partial charge >= 0.3 is 0 Å². The van der Waals surface area contributed by atoms with Gasteiger partial charge in [-0.05, 0) is 44.5 Å². The van der Waals surface area contributed by atoms with E-state index in [0.717, 1.165) is 24.2 Å². The summed E-state index contributed by atoms with van der Waals surface area (Å²) in [7, 11) is 2.18. The quantitative estimate of drug-likeness (QED) is 0.855. The largest absolute Gasteiger partial charge is 0.312 e. The van der Waals surface area contributed by atoms with Gasteiger partial charge < -0.3 is 5.32 Å². The van der Waals surface area contributed by atoms with Crippen LogP contribution in [0, 0.1) is 0 Å². The molecule has 1 atom stereocenters. The zero-order chi connectivity index (χ0) is 13.7. The van der Waals surface area contributed by atoms with Crippen molar-refractivity contribution in [1.29, 1.82) is 0 Å². The first kappa shape index (κ1) is 14.8. The first-order chi connectivity index (χ1) is 9.15. The number of hydrogen-bond donors (Lipinski definition) is 1. The molecule has 1 N–H and O–H groups in total. The minimum atomic E-state index is 0.541. The number of halogens is 1. The molecular formula is C16H25ClN2.